The van der Waals surface area contributed by atoms with Crippen molar-refractivity contribution in [2.24, 2.45) is 0 Å². The molecule has 3 aromatic rings. The number of piperidine rings is 1. The van der Waals surface area contributed by atoms with Crippen molar-refractivity contribution in [2.75, 3.05) is 13.1 Å². The largest absolute Gasteiger partial charge is 0.334 e. The molecule has 0 saturated carbocycles. The average molecular weight is 408 g/mol. The number of aryl methyl sites for hydroxylation is 1. The van der Waals surface area contributed by atoms with E-state index in [9.17, 15) is 8.42 Å². The van der Waals surface area contributed by atoms with Gasteiger partial charge in [-0.15, -0.1) is 0 Å². The van der Waals surface area contributed by atoms with Crippen molar-refractivity contribution in [1.29, 1.82) is 5.26 Å². The van der Waals surface area contributed by atoms with Gasteiger partial charge in [0.05, 0.1) is 16.5 Å². The van der Waals surface area contributed by atoms with Gasteiger partial charge in [0.15, 0.2) is 5.82 Å². The minimum atomic E-state index is -3.62. The summed E-state index contributed by atoms with van der Waals surface area (Å²) in [7, 11) is -3.62. The smallest absolute Gasteiger partial charge is 0.257 e. The van der Waals surface area contributed by atoms with Gasteiger partial charge in [-0.2, -0.15) is 14.6 Å². The Morgan fingerprint density at radius 1 is 1.14 bits per heavy atom. The number of hydrogen-bond acceptors (Lipinski definition) is 6. The van der Waals surface area contributed by atoms with Crippen LogP contribution in [0.2, 0.25) is 0 Å². The third-order valence-corrected chi connectivity index (χ3v) is 7.05. The lowest BCUT2D eigenvalue weighted by molar-refractivity contribution is 0.307. The van der Waals surface area contributed by atoms with Crippen molar-refractivity contribution in [3.8, 4) is 17.5 Å². The number of nitriles is 1. The number of sulfonamides is 1. The van der Waals surface area contributed by atoms with Gasteiger partial charge in [-0.05, 0) is 50.1 Å². The third kappa shape index (κ3) is 3.92. The second-order valence-electron chi connectivity index (χ2n) is 7.14. The molecule has 1 aromatic heterocycles. The van der Waals surface area contributed by atoms with Crippen LogP contribution in [0.25, 0.3) is 11.5 Å². The number of aromatic nitrogens is 2. The number of benzene rings is 2. The van der Waals surface area contributed by atoms with E-state index in [1.54, 1.807) is 12.1 Å². The van der Waals surface area contributed by atoms with Gasteiger partial charge in [0, 0.05) is 24.6 Å². The van der Waals surface area contributed by atoms with Crippen LogP contribution in [-0.4, -0.2) is 36.0 Å². The minimum absolute atomic E-state index is 0.0508. The van der Waals surface area contributed by atoms with Gasteiger partial charge < -0.3 is 4.52 Å². The van der Waals surface area contributed by atoms with E-state index in [-0.39, 0.29) is 10.8 Å². The molecule has 0 aliphatic carbocycles. The van der Waals surface area contributed by atoms with Crippen LogP contribution in [0.5, 0.6) is 0 Å². The number of hydrogen-bond donors (Lipinski definition) is 0. The van der Waals surface area contributed by atoms with Gasteiger partial charge >= 0.3 is 0 Å². The van der Waals surface area contributed by atoms with E-state index in [2.05, 4.69) is 10.1 Å². The summed E-state index contributed by atoms with van der Waals surface area (Å²) in [6.45, 7) is 2.76. The molecule has 2 aromatic carbocycles. The topological polar surface area (TPSA) is 100 Å². The fourth-order valence-corrected chi connectivity index (χ4v) is 4.96. The lowest BCUT2D eigenvalue weighted by Crippen LogP contribution is -2.38. The number of rotatable bonds is 4. The van der Waals surface area contributed by atoms with E-state index in [1.165, 1.54) is 16.4 Å². The molecular formula is C21H20N4O3S. The van der Waals surface area contributed by atoms with Crippen molar-refractivity contribution in [3.05, 3.63) is 65.5 Å². The quantitative estimate of drug-likeness (QED) is 0.655. The van der Waals surface area contributed by atoms with Crippen LogP contribution in [0.4, 0.5) is 0 Å². The predicted octanol–water partition coefficient (Wildman–Crippen LogP) is 3.49. The first-order valence-corrected chi connectivity index (χ1v) is 10.8. The fraction of sp³-hybridized carbons (Fsp3) is 0.286. The van der Waals surface area contributed by atoms with Crippen LogP contribution in [-0.2, 0) is 10.0 Å². The summed E-state index contributed by atoms with van der Waals surface area (Å²) in [5, 5.41) is 13.1. The molecule has 0 atom stereocenters. The molecule has 1 fully saturated rings. The first-order chi connectivity index (χ1) is 14.0. The Morgan fingerprint density at radius 3 is 2.55 bits per heavy atom. The van der Waals surface area contributed by atoms with Crippen molar-refractivity contribution < 1.29 is 12.9 Å². The summed E-state index contributed by atoms with van der Waals surface area (Å²) >= 11 is 0. The Balaban J connectivity index is 1.46. The number of nitrogens with zero attached hydrogens (tertiary/aromatic N) is 4. The van der Waals surface area contributed by atoms with Gasteiger partial charge in [0.25, 0.3) is 5.89 Å². The molecule has 1 aliphatic heterocycles. The Kier molecular flexibility index (Phi) is 5.18. The molecule has 7 nitrogen and oxygen atoms in total. The van der Waals surface area contributed by atoms with Crippen LogP contribution < -0.4 is 0 Å². The van der Waals surface area contributed by atoms with E-state index >= 15 is 0 Å². The lowest BCUT2D eigenvalue weighted by atomic mass is 9.97. The summed E-state index contributed by atoms with van der Waals surface area (Å²) in [6.07, 6.45) is 1.23. The van der Waals surface area contributed by atoms with Gasteiger partial charge in [-0.1, -0.05) is 28.9 Å². The molecule has 0 radical (unpaired) electrons. The summed E-state index contributed by atoms with van der Waals surface area (Å²) in [5.74, 6) is 1.14. The Labute approximate surface area is 169 Å². The maximum atomic E-state index is 12.9. The van der Waals surface area contributed by atoms with Crippen LogP contribution in [0.15, 0.2) is 57.9 Å². The zero-order chi connectivity index (χ0) is 20.4. The zero-order valence-corrected chi connectivity index (χ0v) is 16.8. The molecule has 4 rings (SSSR count). The van der Waals surface area contributed by atoms with Gasteiger partial charge in [0.2, 0.25) is 10.0 Å². The molecule has 0 unspecified atom stereocenters. The molecule has 8 heteroatoms. The average Bonchev–Trinajstić information content (AvgIpc) is 3.24. The van der Waals surface area contributed by atoms with Crippen molar-refractivity contribution in [1.82, 2.24) is 14.4 Å². The standard InChI is InChI=1S/C21H20N4O3S/c1-15-5-7-18(8-6-15)21-23-20(24-28-21)17-9-11-25(12-10-17)29(26,27)19-4-2-3-16(13-19)14-22/h2-8,13,17H,9-12H2,1H3. The van der Waals surface area contributed by atoms with Crippen LogP contribution in [0.3, 0.4) is 0 Å². The molecule has 2 heterocycles. The molecule has 148 valence electrons. The van der Waals surface area contributed by atoms with E-state index < -0.39 is 10.0 Å². The summed E-state index contributed by atoms with van der Waals surface area (Å²) in [6, 6.07) is 16.0. The predicted molar refractivity (Wildman–Crippen MR) is 106 cm³/mol. The highest BCUT2D eigenvalue weighted by Gasteiger charge is 2.32. The Hall–Kier alpha value is -3.02. The van der Waals surface area contributed by atoms with Crippen molar-refractivity contribution in [3.63, 3.8) is 0 Å². The van der Waals surface area contributed by atoms with Crippen LogP contribution >= 0.6 is 0 Å². The van der Waals surface area contributed by atoms with Crippen molar-refractivity contribution >= 4 is 10.0 Å². The monoisotopic (exact) mass is 408 g/mol. The summed E-state index contributed by atoms with van der Waals surface area (Å²) in [4.78, 5) is 4.67. The second kappa shape index (κ2) is 7.78. The molecule has 1 saturated heterocycles. The second-order valence-corrected chi connectivity index (χ2v) is 9.08. The SMILES string of the molecule is Cc1ccc(-c2nc(C3CCN(S(=O)(=O)c4cccc(C#N)c4)CC3)no2)cc1. The summed E-state index contributed by atoms with van der Waals surface area (Å²) in [5.41, 5.74) is 2.35. The molecule has 0 spiro atoms. The summed E-state index contributed by atoms with van der Waals surface area (Å²) < 4.78 is 32.6. The van der Waals surface area contributed by atoms with Crippen molar-refractivity contribution in [2.45, 2.75) is 30.6 Å². The Morgan fingerprint density at radius 2 is 1.86 bits per heavy atom. The molecule has 0 N–H and O–H groups in total. The third-order valence-electron chi connectivity index (χ3n) is 5.16. The normalized spacial score (nSPS) is 15.9. The Bertz CT molecular complexity index is 1160. The lowest BCUT2D eigenvalue weighted by Gasteiger charge is -2.29. The molecule has 0 bridgehead atoms. The molecule has 29 heavy (non-hydrogen) atoms. The fourth-order valence-electron chi connectivity index (χ4n) is 3.44. The van der Waals surface area contributed by atoms with Gasteiger partial charge in [-0.25, -0.2) is 8.42 Å². The maximum absolute atomic E-state index is 12.9. The van der Waals surface area contributed by atoms with Gasteiger partial charge in [-0.3, -0.25) is 0 Å². The van der Waals surface area contributed by atoms with Crippen LogP contribution in [0.1, 0.15) is 35.7 Å². The van der Waals surface area contributed by atoms with E-state index in [4.69, 9.17) is 9.78 Å². The molecule has 1 aliphatic rings. The van der Waals surface area contributed by atoms with E-state index in [0.717, 1.165) is 11.1 Å². The van der Waals surface area contributed by atoms with Crippen LogP contribution in [0, 0.1) is 18.3 Å². The van der Waals surface area contributed by atoms with E-state index in [0.29, 0.717) is 43.2 Å². The highest BCUT2D eigenvalue weighted by molar-refractivity contribution is 7.89. The van der Waals surface area contributed by atoms with Gasteiger partial charge in [0.1, 0.15) is 0 Å². The highest BCUT2D eigenvalue weighted by Crippen LogP contribution is 2.30. The molecular weight excluding hydrogens is 388 g/mol. The first kappa shape index (κ1) is 19.3. The zero-order valence-electron chi connectivity index (χ0n) is 15.9. The first-order valence-electron chi connectivity index (χ1n) is 9.38. The highest BCUT2D eigenvalue weighted by atomic mass is 32.2. The van der Waals surface area contributed by atoms with E-state index in [1.807, 2.05) is 37.3 Å². The minimum Gasteiger partial charge on any atom is -0.334 e. The maximum Gasteiger partial charge on any atom is 0.257 e. The molecule has 0 amide bonds.